The van der Waals surface area contributed by atoms with Crippen LogP contribution in [0.3, 0.4) is 0 Å². The monoisotopic (exact) mass is 217 g/mol. The highest BCUT2D eigenvalue weighted by atomic mass is 35.5. The van der Waals surface area contributed by atoms with Gasteiger partial charge >= 0.3 is 0 Å². The molecule has 2 atom stereocenters. The Morgan fingerprint density at radius 2 is 2.36 bits per heavy atom. The molecule has 3 nitrogen and oxygen atoms in total. The molecular weight excluding hydrogens is 202 g/mol. The maximum absolute atomic E-state index is 11.4. The quantitative estimate of drug-likeness (QED) is 0.655. The SMILES string of the molecule is O=C1CC(Cl)CN1CC1CCCCO1. The Balaban J connectivity index is 1.81. The molecule has 0 saturated carbocycles. The minimum atomic E-state index is 0.00564. The van der Waals surface area contributed by atoms with E-state index in [9.17, 15) is 4.79 Å². The molecule has 2 aliphatic rings. The van der Waals surface area contributed by atoms with Crippen molar-refractivity contribution in [2.75, 3.05) is 19.7 Å². The summed E-state index contributed by atoms with van der Waals surface area (Å²) >= 11 is 5.92. The Morgan fingerprint density at radius 3 is 2.93 bits per heavy atom. The minimum absolute atomic E-state index is 0.00564. The average molecular weight is 218 g/mol. The van der Waals surface area contributed by atoms with Crippen molar-refractivity contribution in [1.82, 2.24) is 4.90 Å². The van der Waals surface area contributed by atoms with Crippen LogP contribution in [-0.4, -0.2) is 42.0 Å². The lowest BCUT2D eigenvalue weighted by molar-refractivity contribution is -0.130. The van der Waals surface area contributed by atoms with Gasteiger partial charge in [0.1, 0.15) is 0 Å². The fourth-order valence-corrected chi connectivity index (χ4v) is 2.40. The number of halogens is 1. The Hall–Kier alpha value is -0.280. The summed E-state index contributed by atoms with van der Waals surface area (Å²) in [7, 11) is 0. The van der Waals surface area contributed by atoms with Crippen molar-refractivity contribution in [3.63, 3.8) is 0 Å². The van der Waals surface area contributed by atoms with E-state index in [4.69, 9.17) is 16.3 Å². The first-order chi connectivity index (χ1) is 6.75. The number of alkyl halides is 1. The molecule has 0 spiro atoms. The third-order valence-electron chi connectivity index (χ3n) is 2.87. The third kappa shape index (κ3) is 2.39. The smallest absolute Gasteiger partial charge is 0.224 e. The lowest BCUT2D eigenvalue weighted by Crippen LogP contribution is -2.36. The Labute approximate surface area is 89.4 Å². The Kier molecular flexibility index (Phi) is 3.29. The van der Waals surface area contributed by atoms with Crippen LogP contribution in [0.5, 0.6) is 0 Å². The first-order valence-electron chi connectivity index (χ1n) is 5.29. The van der Waals surface area contributed by atoms with E-state index in [1.807, 2.05) is 4.90 Å². The summed E-state index contributed by atoms with van der Waals surface area (Å²) in [5.41, 5.74) is 0. The summed E-state index contributed by atoms with van der Waals surface area (Å²) in [6, 6.07) is 0. The van der Waals surface area contributed by atoms with E-state index in [0.29, 0.717) is 13.0 Å². The number of carbonyl (C=O) groups is 1. The maximum Gasteiger partial charge on any atom is 0.224 e. The summed E-state index contributed by atoms with van der Waals surface area (Å²) < 4.78 is 5.59. The van der Waals surface area contributed by atoms with Crippen LogP contribution in [0.25, 0.3) is 0 Å². The third-order valence-corrected chi connectivity index (χ3v) is 3.16. The van der Waals surface area contributed by atoms with Crippen LogP contribution in [-0.2, 0) is 9.53 Å². The number of hydrogen-bond acceptors (Lipinski definition) is 2. The van der Waals surface area contributed by atoms with E-state index >= 15 is 0 Å². The van der Waals surface area contributed by atoms with Crippen LogP contribution < -0.4 is 0 Å². The molecule has 2 heterocycles. The summed E-state index contributed by atoms with van der Waals surface area (Å²) in [6.07, 6.45) is 4.19. The maximum atomic E-state index is 11.4. The van der Waals surface area contributed by atoms with Gasteiger partial charge in [-0.2, -0.15) is 0 Å². The van der Waals surface area contributed by atoms with Gasteiger partial charge < -0.3 is 9.64 Å². The molecule has 2 fully saturated rings. The molecular formula is C10H16ClNO2. The fourth-order valence-electron chi connectivity index (χ4n) is 2.10. The molecule has 80 valence electrons. The second-order valence-corrected chi connectivity index (χ2v) is 4.71. The zero-order valence-electron chi connectivity index (χ0n) is 8.25. The Bertz CT molecular complexity index is 216. The summed E-state index contributed by atoms with van der Waals surface area (Å²) in [5.74, 6) is 0.180. The lowest BCUT2D eigenvalue weighted by Gasteiger charge is -2.27. The molecule has 0 aliphatic carbocycles. The van der Waals surface area contributed by atoms with E-state index in [-0.39, 0.29) is 17.4 Å². The predicted octanol–water partition coefficient (Wildman–Crippen LogP) is 1.40. The topological polar surface area (TPSA) is 29.5 Å². The minimum Gasteiger partial charge on any atom is -0.376 e. The molecule has 4 heteroatoms. The number of ether oxygens (including phenoxy) is 1. The number of carbonyl (C=O) groups excluding carboxylic acids is 1. The predicted molar refractivity (Wildman–Crippen MR) is 54.4 cm³/mol. The second-order valence-electron chi connectivity index (χ2n) is 4.09. The van der Waals surface area contributed by atoms with E-state index in [0.717, 1.165) is 26.0 Å². The summed E-state index contributed by atoms with van der Waals surface area (Å²) in [6.45, 7) is 2.28. The van der Waals surface area contributed by atoms with Crippen LogP contribution in [0.4, 0.5) is 0 Å². The molecule has 2 unspecified atom stereocenters. The van der Waals surface area contributed by atoms with E-state index in [1.54, 1.807) is 0 Å². The van der Waals surface area contributed by atoms with E-state index in [1.165, 1.54) is 6.42 Å². The van der Waals surface area contributed by atoms with Gasteiger partial charge in [-0.15, -0.1) is 11.6 Å². The van der Waals surface area contributed by atoms with Crippen molar-refractivity contribution in [2.24, 2.45) is 0 Å². The second kappa shape index (κ2) is 4.49. The highest BCUT2D eigenvalue weighted by molar-refractivity contribution is 6.22. The summed E-state index contributed by atoms with van der Waals surface area (Å²) in [5, 5.41) is 0.00564. The molecule has 2 saturated heterocycles. The van der Waals surface area contributed by atoms with Gasteiger partial charge in [-0.3, -0.25) is 4.79 Å². The normalized spacial score (nSPS) is 33.8. The van der Waals surface area contributed by atoms with Crippen molar-refractivity contribution >= 4 is 17.5 Å². The molecule has 0 aromatic carbocycles. The zero-order valence-corrected chi connectivity index (χ0v) is 9.00. The van der Waals surface area contributed by atoms with Crippen LogP contribution in [0, 0.1) is 0 Å². The van der Waals surface area contributed by atoms with Crippen molar-refractivity contribution in [3.05, 3.63) is 0 Å². The fraction of sp³-hybridized carbons (Fsp3) is 0.900. The number of likely N-dealkylation sites (tertiary alicyclic amines) is 1. The molecule has 1 amide bonds. The van der Waals surface area contributed by atoms with Crippen LogP contribution in [0.1, 0.15) is 25.7 Å². The molecule has 0 radical (unpaired) electrons. The first-order valence-corrected chi connectivity index (χ1v) is 5.73. The van der Waals surface area contributed by atoms with Gasteiger partial charge in [0, 0.05) is 26.1 Å². The van der Waals surface area contributed by atoms with E-state index in [2.05, 4.69) is 0 Å². The molecule has 0 aromatic heterocycles. The van der Waals surface area contributed by atoms with Gasteiger partial charge in [0.2, 0.25) is 5.91 Å². The summed E-state index contributed by atoms with van der Waals surface area (Å²) in [4.78, 5) is 13.3. The molecule has 2 rings (SSSR count). The largest absolute Gasteiger partial charge is 0.376 e. The number of amides is 1. The first kappa shape index (κ1) is 10.2. The molecule has 0 N–H and O–H groups in total. The van der Waals surface area contributed by atoms with Gasteiger partial charge in [-0.05, 0) is 19.3 Å². The van der Waals surface area contributed by atoms with Gasteiger partial charge in [-0.25, -0.2) is 0 Å². The molecule has 2 aliphatic heterocycles. The molecule has 0 bridgehead atoms. The van der Waals surface area contributed by atoms with Crippen LogP contribution >= 0.6 is 11.6 Å². The molecule has 0 aromatic rings. The number of hydrogen-bond donors (Lipinski definition) is 0. The van der Waals surface area contributed by atoms with Crippen molar-refractivity contribution < 1.29 is 9.53 Å². The van der Waals surface area contributed by atoms with Crippen molar-refractivity contribution in [3.8, 4) is 0 Å². The van der Waals surface area contributed by atoms with Crippen LogP contribution in [0.15, 0.2) is 0 Å². The lowest BCUT2D eigenvalue weighted by atomic mass is 10.1. The number of rotatable bonds is 2. The molecule has 14 heavy (non-hydrogen) atoms. The highest BCUT2D eigenvalue weighted by Gasteiger charge is 2.30. The van der Waals surface area contributed by atoms with Crippen molar-refractivity contribution in [1.29, 1.82) is 0 Å². The van der Waals surface area contributed by atoms with Crippen molar-refractivity contribution in [2.45, 2.75) is 37.2 Å². The average Bonchev–Trinajstić information content (AvgIpc) is 2.47. The van der Waals surface area contributed by atoms with Crippen LogP contribution in [0.2, 0.25) is 0 Å². The Morgan fingerprint density at radius 1 is 1.50 bits per heavy atom. The van der Waals surface area contributed by atoms with Gasteiger partial charge in [0.05, 0.1) is 11.5 Å². The van der Waals surface area contributed by atoms with Gasteiger partial charge in [0.25, 0.3) is 0 Å². The zero-order chi connectivity index (χ0) is 9.97. The van der Waals surface area contributed by atoms with Gasteiger partial charge in [-0.1, -0.05) is 0 Å². The van der Waals surface area contributed by atoms with E-state index < -0.39 is 0 Å². The number of nitrogens with zero attached hydrogens (tertiary/aromatic N) is 1. The highest BCUT2D eigenvalue weighted by Crippen LogP contribution is 2.20. The standard InChI is InChI=1S/C10H16ClNO2/c11-8-5-10(13)12(6-8)7-9-3-1-2-4-14-9/h8-9H,1-7H2. The van der Waals surface area contributed by atoms with Gasteiger partial charge in [0.15, 0.2) is 0 Å².